The Hall–Kier alpha value is -2.90. The lowest BCUT2D eigenvalue weighted by atomic mass is 10.1. The van der Waals surface area contributed by atoms with Crippen LogP contribution >= 0.6 is 15.9 Å². The predicted octanol–water partition coefficient (Wildman–Crippen LogP) is 6.25. The van der Waals surface area contributed by atoms with Crippen molar-refractivity contribution in [3.63, 3.8) is 0 Å². The van der Waals surface area contributed by atoms with Gasteiger partial charge < -0.3 is 4.74 Å². The summed E-state index contributed by atoms with van der Waals surface area (Å²) in [6, 6.07) is 13.7. The van der Waals surface area contributed by atoms with Gasteiger partial charge >= 0.3 is 0 Å². The van der Waals surface area contributed by atoms with Crippen molar-refractivity contribution < 1.29 is 4.74 Å². The number of rotatable bonds is 1. The van der Waals surface area contributed by atoms with Crippen molar-refractivity contribution >= 4 is 37.5 Å². The molecular weight excluding hydrogens is 400 g/mol. The average Bonchev–Trinajstić information content (AvgIpc) is 2.75. The Morgan fingerprint density at radius 2 is 1.59 bits per heavy atom. The van der Waals surface area contributed by atoms with Crippen LogP contribution in [0.2, 0.25) is 0 Å². The van der Waals surface area contributed by atoms with Crippen molar-refractivity contribution in [2.24, 2.45) is 0 Å². The summed E-state index contributed by atoms with van der Waals surface area (Å²) in [4.78, 5) is 8.07. The first-order valence-corrected chi connectivity index (χ1v) is 9.39. The maximum Gasteiger partial charge on any atom is 0.120 e. The fourth-order valence-electron chi connectivity index (χ4n) is 2.50. The molecule has 4 heteroatoms. The van der Waals surface area contributed by atoms with E-state index in [1.807, 2.05) is 68.7 Å². The van der Waals surface area contributed by atoms with Crippen molar-refractivity contribution in [1.29, 1.82) is 0 Å². The number of benzene rings is 2. The van der Waals surface area contributed by atoms with E-state index >= 15 is 0 Å². The molecule has 0 atom stereocenters. The molecule has 3 nitrogen and oxygen atoms in total. The quantitative estimate of drug-likeness (QED) is 0.341. The van der Waals surface area contributed by atoms with E-state index in [4.69, 9.17) is 11.2 Å². The Morgan fingerprint density at radius 1 is 0.926 bits per heavy atom. The number of hydrogen-bond donors (Lipinski definition) is 0. The number of nitrogens with zero attached hydrogens (tertiary/aromatic N) is 2. The number of pyridine rings is 2. The minimum absolute atomic E-state index is 0.840. The molecule has 0 saturated carbocycles. The fourth-order valence-corrected chi connectivity index (χ4v) is 3.09. The number of methoxy groups -OCH3 is 1. The molecule has 0 aliphatic carbocycles. The van der Waals surface area contributed by atoms with E-state index in [0.717, 1.165) is 37.3 Å². The van der Waals surface area contributed by atoms with Crippen LogP contribution in [0.3, 0.4) is 0 Å². The van der Waals surface area contributed by atoms with Crippen molar-refractivity contribution in [3.05, 3.63) is 77.3 Å². The molecule has 0 bridgehead atoms. The second kappa shape index (κ2) is 10.3. The predicted molar refractivity (Wildman–Crippen MR) is 117 cm³/mol. The molecule has 27 heavy (non-hydrogen) atoms. The number of fused-ring (bicyclic) bond motifs is 2. The molecule has 0 aliphatic rings. The maximum absolute atomic E-state index is 5.35. The smallest absolute Gasteiger partial charge is 0.120 e. The van der Waals surface area contributed by atoms with Crippen LogP contribution in [0.25, 0.3) is 21.5 Å². The Balaban J connectivity index is 0.000000178. The van der Waals surface area contributed by atoms with Crippen molar-refractivity contribution in [1.82, 2.24) is 9.97 Å². The van der Waals surface area contributed by atoms with Crippen LogP contribution in [0.1, 0.15) is 19.4 Å². The molecule has 0 aliphatic heterocycles. The summed E-state index contributed by atoms with van der Waals surface area (Å²) < 4.78 is 6.18. The molecule has 0 saturated heterocycles. The zero-order chi connectivity index (χ0) is 19.6. The highest BCUT2D eigenvalue weighted by Crippen LogP contribution is 2.28. The summed E-state index contributed by atoms with van der Waals surface area (Å²) >= 11 is 3.48. The first-order chi connectivity index (χ1) is 13.2. The minimum Gasteiger partial charge on any atom is -0.497 e. The van der Waals surface area contributed by atoms with Gasteiger partial charge in [0.25, 0.3) is 0 Å². The molecule has 0 N–H and O–H groups in total. The minimum atomic E-state index is 0.840. The molecule has 0 fully saturated rings. The average molecular weight is 421 g/mol. The molecule has 4 rings (SSSR count). The number of terminal acetylenes is 1. The number of ether oxygens (including phenoxy) is 1. The highest BCUT2D eigenvalue weighted by atomic mass is 79.9. The first kappa shape index (κ1) is 20.4. The molecule has 4 aromatic rings. The number of hydrogen-bond acceptors (Lipinski definition) is 3. The van der Waals surface area contributed by atoms with Crippen LogP contribution in [0.15, 0.2) is 71.7 Å². The highest BCUT2D eigenvalue weighted by molar-refractivity contribution is 9.10. The fraction of sp³-hybridized carbons (Fsp3) is 0.130. The van der Waals surface area contributed by atoms with Gasteiger partial charge in [-0.15, -0.1) is 6.42 Å². The third kappa shape index (κ3) is 5.06. The van der Waals surface area contributed by atoms with E-state index in [2.05, 4.69) is 31.8 Å². The van der Waals surface area contributed by atoms with E-state index in [-0.39, 0.29) is 0 Å². The molecule has 136 valence electrons. The monoisotopic (exact) mass is 420 g/mol. The standard InChI is InChI=1S/C11H7N.C10H8BrNO.C2H6/c1-2-9-4-3-5-10-8-12-7-6-11(9)10;1-13-8-4-7-6-12-3-2-9(7)10(11)5-8;1-2/h1,3-8H;2-6H,1H3;1-2H3. The highest BCUT2D eigenvalue weighted by Gasteiger charge is 2.01. The third-order valence-electron chi connectivity index (χ3n) is 3.75. The van der Waals surface area contributed by atoms with Crippen molar-refractivity contribution in [2.75, 3.05) is 7.11 Å². The summed E-state index contributed by atoms with van der Waals surface area (Å²) in [5.74, 6) is 3.48. The van der Waals surface area contributed by atoms with Gasteiger partial charge in [-0.25, -0.2) is 0 Å². The number of aromatic nitrogens is 2. The largest absolute Gasteiger partial charge is 0.497 e. The lowest BCUT2D eigenvalue weighted by Gasteiger charge is -2.03. The molecule has 2 heterocycles. The van der Waals surface area contributed by atoms with E-state index in [1.165, 1.54) is 0 Å². The van der Waals surface area contributed by atoms with Crippen LogP contribution in [0.5, 0.6) is 5.75 Å². The van der Waals surface area contributed by atoms with E-state index < -0.39 is 0 Å². The summed E-state index contributed by atoms with van der Waals surface area (Å²) in [5.41, 5.74) is 0.926. The van der Waals surface area contributed by atoms with Gasteiger partial charge in [0.2, 0.25) is 0 Å². The summed E-state index contributed by atoms with van der Waals surface area (Å²) in [7, 11) is 1.66. The van der Waals surface area contributed by atoms with Gasteiger partial charge in [-0.2, -0.15) is 0 Å². The normalized spacial score (nSPS) is 9.44. The maximum atomic E-state index is 5.35. The molecular formula is C23H21BrN2O. The van der Waals surface area contributed by atoms with Gasteiger partial charge in [0, 0.05) is 51.0 Å². The topological polar surface area (TPSA) is 35.0 Å². The zero-order valence-corrected chi connectivity index (χ0v) is 17.2. The van der Waals surface area contributed by atoms with Gasteiger partial charge in [0.1, 0.15) is 5.75 Å². The molecule has 0 radical (unpaired) electrons. The molecule has 0 unspecified atom stereocenters. The van der Waals surface area contributed by atoms with Gasteiger partial charge in [0.05, 0.1) is 7.11 Å². The van der Waals surface area contributed by atoms with Crippen molar-refractivity contribution in [3.8, 4) is 18.1 Å². The Labute approximate surface area is 168 Å². The second-order valence-corrected chi connectivity index (χ2v) is 6.11. The van der Waals surface area contributed by atoms with Gasteiger partial charge in [-0.05, 0) is 35.7 Å². The summed E-state index contributed by atoms with van der Waals surface area (Å²) in [6.07, 6.45) is 12.5. The van der Waals surface area contributed by atoms with E-state index in [0.29, 0.717) is 0 Å². The van der Waals surface area contributed by atoms with Crippen LogP contribution in [-0.2, 0) is 0 Å². The third-order valence-corrected chi connectivity index (χ3v) is 4.40. The Bertz CT molecular complexity index is 1070. The van der Waals surface area contributed by atoms with Crippen LogP contribution in [-0.4, -0.2) is 17.1 Å². The first-order valence-electron chi connectivity index (χ1n) is 8.59. The SMILES string of the molecule is C#Cc1cccc2cnccc12.CC.COc1cc(Br)c2ccncc2c1. The second-order valence-electron chi connectivity index (χ2n) is 5.25. The van der Waals surface area contributed by atoms with Crippen molar-refractivity contribution in [2.45, 2.75) is 13.8 Å². The Morgan fingerprint density at radius 3 is 2.26 bits per heavy atom. The zero-order valence-electron chi connectivity index (χ0n) is 15.6. The Kier molecular flexibility index (Phi) is 7.79. The van der Waals surface area contributed by atoms with Gasteiger partial charge in [-0.3, -0.25) is 9.97 Å². The van der Waals surface area contributed by atoms with Crippen LogP contribution < -0.4 is 4.74 Å². The van der Waals surface area contributed by atoms with Gasteiger partial charge in [0.15, 0.2) is 0 Å². The van der Waals surface area contributed by atoms with Crippen LogP contribution in [0, 0.1) is 12.3 Å². The molecule has 2 aromatic carbocycles. The summed E-state index contributed by atoms with van der Waals surface area (Å²) in [5, 5.41) is 4.41. The molecule has 0 amide bonds. The van der Waals surface area contributed by atoms with E-state index in [9.17, 15) is 0 Å². The van der Waals surface area contributed by atoms with Gasteiger partial charge in [-0.1, -0.05) is 47.8 Å². The molecule has 2 aromatic heterocycles. The van der Waals surface area contributed by atoms with Crippen LogP contribution in [0.4, 0.5) is 0 Å². The van der Waals surface area contributed by atoms with E-state index in [1.54, 1.807) is 19.5 Å². The number of halogens is 1. The lowest BCUT2D eigenvalue weighted by Crippen LogP contribution is -1.84. The molecule has 0 spiro atoms. The summed E-state index contributed by atoms with van der Waals surface area (Å²) in [6.45, 7) is 4.00. The lowest BCUT2D eigenvalue weighted by molar-refractivity contribution is 0.415.